The summed E-state index contributed by atoms with van der Waals surface area (Å²) in [5.41, 5.74) is -1.29. The second kappa shape index (κ2) is 13.5. The number of esters is 2. The fraction of sp³-hybridized carbons (Fsp3) is 0.500. The minimum Gasteiger partial charge on any atom is -0.504 e. The standard InChI is InChI=1S/C32H36O15/c1-41-19-11-16(8-9-18(19)33)29(39)46-28-24(35)17-12-22-43-14-32(28,40)23(17)30(45-22)47-31-27(38)26(37)25(36)20(44-31)13-42-21(34)10-7-15-5-3-2-4-6-15/h2-11,17,20,22-28,30-31,33,35-38,40H,12-14H2,1H3/b10-7+/t17-,20-,22-,23-,24+,25-,26+,27-,28-,30+,31+,32-/m1/s1. The van der Waals surface area contributed by atoms with Crippen LogP contribution >= 0.6 is 0 Å². The summed E-state index contributed by atoms with van der Waals surface area (Å²) in [6.45, 7) is -0.911. The van der Waals surface area contributed by atoms with Gasteiger partial charge in [0, 0.05) is 18.4 Å². The van der Waals surface area contributed by atoms with E-state index in [2.05, 4.69) is 0 Å². The molecular weight excluding hydrogens is 624 g/mol. The maximum atomic E-state index is 13.1. The molecule has 1 saturated carbocycles. The van der Waals surface area contributed by atoms with Gasteiger partial charge >= 0.3 is 11.9 Å². The molecule has 2 aromatic carbocycles. The molecule has 5 aliphatic rings. The molecule has 5 fully saturated rings. The van der Waals surface area contributed by atoms with E-state index in [-0.39, 0.29) is 23.5 Å². The van der Waals surface area contributed by atoms with Crippen LogP contribution in [0.2, 0.25) is 0 Å². The molecule has 47 heavy (non-hydrogen) atoms. The molecule has 1 aliphatic carbocycles. The molecule has 12 atom stereocenters. The predicted octanol–water partition coefficient (Wildman–Crippen LogP) is -0.552. The molecule has 0 radical (unpaired) electrons. The van der Waals surface area contributed by atoms with Crippen LogP contribution in [0.3, 0.4) is 0 Å². The quantitative estimate of drug-likeness (QED) is 0.147. The molecule has 0 aromatic heterocycles. The number of rotatable bonds is 9. The van der Waals surface area contributed by atoms with E-state index in [9.17, 15) is 40.2 Å². The molecule has 0 unspecified atom stereocenters. The van der Waals surface area contributed by atoms with Crippen LogP contribution in [-0.2, 0) is 33.2 Å². The van der Waals surface area contributed by atoms with Gasteiger partial charge in [0.05, 0.1) is 31.3 Å². The molecule has 4 bridgehead atoms. The van der Waals surface area contributed by atoms with Crippen LogP contribution in [-0.4, -0.2) is 124 Å². The lowest BCUT2D eigenvalue weighted by molar-refractivity contribution is -0.371. The molecule has 2 aromatic rings. The first kappa shape index (κ1) is 33.3. The number of aliphatic hydroxyl groups excluding tert-OH is 4. The van der Waals surface area contributed by atoms with Crippen LogP contribution in [0.25, 0.3) is 6.08 Å². The van der Waals surface area contributed by atoms with Crippen molar-refractivity contribution in [3.63, 3.8) is 0 Å². The number of phenols is 1. The van der Waals surface area contributed by atoms with Gasteiger partial charge in [0.25, 0.3) is 0 Å². The molecule has 7 rings (SSSR count). The Bertz CT molecular complexity index is 1470. The number of carbonyl (C=O) groups excluding carboxylic acids is 2. The Morgan fingerprint density at radius 3 is 2.49 bits per heavy atom. The number of carbonyl (C=O) groups is 2. The molecule has 4 aliphatic heterocycles. The topological polar surface area (TPSA) is 220 Å². The number of methoxy groups -OCH3 is 1. The summed E-state index contributed by atoms with van der Waals surface area (Å²) < 4.78 is 39.1. The highest BCUT2D eigenvalue weighted by molar-refractivity contribution is 5.90. The summed E-state index contributed by atoms with van der Waals surface area (Å²) in [5.74, 6) is -3.68. The van der Waals surface area contributed by atoms with Crippen LogP contribution in [0.1, 0.15) is 22.3 Å². The fourth-order valence-electron chi connectivity index (χ4n) is 6.56. The molecule has 15 heteroatoms. The largest absolute Gasteiger partial charge is 0.504 e. The third kappa shape index (κ3) is 6.46. The van der Waals surface area contributed by atoms with Crippen molar-refractivity contribution in [3.05, 3.63) is 65.7 Å². The third-order valence-electron chi connectivity index (χ3n) is 9.01. The SMILES string of the molecule is COc1cc(C(=O)O[C@@H]2[C@@H](O)[C@@H]3C[C@@H]4OC[C@@]2(O)[C@H]3[C@H](O[C@@H]2O[C@H](COC(=O)/C=C/c3ccccc3)[C@@H](O)[C@H](O)[C@H]2O)O4)ccc1O. The van der Waals surface area contributed by atoms with Crippen LogP contribution < -0.4 is 4.74 Å². The normalized spacial score (nSPS) is 37.8. The number of ether oxygens (including phenoxy) is 7. The predicted molar refractivity (Wildman–Crippen MR) is 155 cm³/mol. The smallest absolute Gasteiger partial charge is 0.338 e. The van der Waals surface area contributed by atoms with Gasteiger partial charge in [-0.2, -0.15) is 0 Å². The van der Waals surface area contributed by atoms with E-state index in [0.717, 1.165) is 5.56 Å². The van der Waals surface area contributed by atoms with E-state index in [1.54, 1.807) is 24.3 Å². The zero-order valence-corrected chi connectivity index (χ0v) is 25.1. The number of aliphatic hydroxyl groups is 5. The monoisotopic (exact) mass is 660 g/mol. The highest BCUT2D eigenvalue weighted by Crippen LogP contribution is 2.53. The Morgan fingerprint density at radius 1 is 0.979 bits per heavy atom. The van der Waals surface area contributed by atoms with Crippen molar-refractivity contribution in [2.45, 2.75) is 67.5 Å². The van der Waals surface area contributed by atoms with Gasteiger partial charge in [-0.05, 0) is 29.8 Å². The average Bonchev–Trinajstić information content (AvgIpc) is 3.17. The lowest BCUT2D eigenvalue weighted by Gasteiger charge is -2.44. The van der Waals surface area contributed by atoms with Crippen molar-refractivity contribution < 1.29 is 73.4 Å². The number of fused-ring (bicyclic) bond motifs is 2. The summed E-state index contributed by atoms with van der Waals surface area (Å²) in [6, 6.07) is 12.8. The number of aromatic hydroxyl groups is 1. The van der Waals surface area contributed by atoms with Gasteiger partial charge in [-0.25, -0.2) is 9.59 Å². The lowest BCUT2D eigenvalue weighted by atomic mass is 9.82. The highest BCUT2D eigenvalue weighted by atomic mass is 16.8. The van der Waals surface area contributed by atoms with E-state index >= 15 is 0 Å². The van der Waals surface area contributed by atoms with E-state index < -0.39 is 98.1 Å². The Morgan fingerprint density at radius 2 is 1.74 bits per heavy atom. The maximum Gasteiger partial charge on any atom is 0.338 e. The molecule has 254 valence electrons. The zero-order valence-electron chi connectivity index (χ0n) is 25.1. The lowest BCUT2D eigenvalue weighted by Crippen LogP contribution is -2.61. The van der Waals surface area contributed by atoms with Crippen LogP contribution in [0, 0.1) is 11.8 Å². The zero-order chi connectivity index (χ0) is 33.5. The summed E-state index contributed by atoms with van der Waals surface area (Å²) in [7, 11) is 1.31. The molecule has 4 saturated heterocycles. The van der Waals surface area contributed by atoms with Crippen molar-refractivity contribution in [2.24, 2.45) is 11.8 Å². The Balaban J connectivity index is 1.15. The van der Waals surface area contributed by atoms with E-state index in [4.69, 9.17) is 33.2 Å². The van der Waals surface area contributed by atoms with Crippen molar-refractivity contribution in [1.82, 2.24) is 0 Å². The van der Waals surface area contributed by atoms with Crippen molar-refractivity contribution in [2.75, 3.05) is 20.3 Å². The second-order valence-electron chi connectivity index (χ2n) is 11.9. The highest BCUT2D eigenvalue weighted by Gasteiger charge is 2.69. The molecule has 6 N–H and O–H groups in total. The average molecular weight is 661 g/mol. The first-order valence-electron chi connectivity index (χ1n) is 15.0. The summed E-state index contributed by atoms with van der Waals surface area (Å²) in [4.78, 5) is 25.4. The maximum absolute atomic E-state index is 13.1. The van der Waals surface area contributed by atoms with Crippen LogP contribution in [0.5, 0.6) is 11.5 Å². The summed E-state index contributed by atoms with van der Waals surface area (Å²) in [5, 5.41) is 64.9. The number of phenolic OH excluding ortho intramolecular Hbond substituents is 1. The molecule has 15 nitrogen and oxygen atoms in total. The molecule has 4 heterocycles. The Labute approximate surface area is 268 Å². The van der Waals surface area contributed by atoms with Gasteiger partial charge in [-0.1, -0.05) is 30.3 Å². The first-order valence-corrected chi connectivity index (χ1v) is 15.0. The Hall–Kier alpha value is -3.64. The number of hydrogen-bond donors (Lipinski definition) is 6. The summed E-state index contributed by atoms with van der Waals surface area (Å²) in [6.07, 6.45) is -10.6. The summed E-state index contributed by atoms with van der Waals surface area (Å²) >= 11 is 0. The van der Waals surface area contributed by atoms with Gasteiger partial charge in [0.15, 0.2) is 36.5 Å². The van der Waals surface area contributed by atoms with Crippen molar-refractivity contribution >= 4 is 18.0 Å². The minimum absolute atomic E-state index is 0.0135. The van der Waals surface area contributed by atoms with Gasteiger partial charge in [0.1, 0.15) is 36.6 Å². The molecule has 0 amide bonds. The van der Waals surface area contributed by atoms with Gasteiger partial charge in [0.2, 0.25) is 0 Å². The van der Waals surface area contributed by atoms with Crippen molar-refractivity contribution in [1.29, 1.82) is 0 Å². The van der Waals surface area contributed by atoms with E-state index in [1.807, 2.05) is 6.07 Å². The molecular formula is C32H36O15. The Kier molecular flexibility index (Phi) is 9.53. The van der Waals surface area contributed by atoms with Gasteiger partial charge in [-0.15, -0.1) is 0 Å². The van der Waals surface area contributed by atoms with Crippen molar-refractivity contribution in [3.8, 4) is 11.5 Å². The first-order chi connectivity index (χ1) is 22.5. The minimum atomic E-state index is -2.03. The number of hydrogen-bond acceptors (Lipinski definition) is 15. The van der Waals surface area contributed by atoms with E-state index in [1.165, 1.54) is 37.5 Å². The second-order valence-corrected chi connectivity index (χ2v) is 11.9. The third-order valence-corrected chi connectivity index (χ3v) is 9.01. The number of benzene rings is 2. The van der Waals surface area contributed by atoms with Gasteiger partial charge in [-0.3, -0.25) is 0 Å². The molecule has 0 spiro atoms. The van der Waals surface area contributed by atoms with Crippen LogP contribution in [0.4, 0.5) is 0 Å². The van der Waals surface area contributed by atoms with Gasteiger partial charge < -0.3 is 63.8 Å². The van der Waals surface area contributed by atoms with Crippen LogP contribution in [0.15, 0.2) is 54.6 Å². The van der Waals surface area contributed by atoms with E-state index in [0.29, 0.717) is 0 Å². The fourth-order valence-corrected chi connectivity index (χ4v) is 6.56.